The number of nitrogens with one attached hydrogen (secondary N) is 1. The number of hydrogen-bond donors (Lipinski definition) is 2. The molecule has 2 rings (SSSR count). The average molecular weight is 527 g/mol. The highest BCUT2D eigenvalue weighted by molar-refractivity contribution is 7.90. The van der Waals surface area contributed by atoms with Crippen LogP contribution >= 0.6 is 0 Å². The number of carboxylic acids is 1. The highest BCUT2D eigenvalue weighted by Gasteiger charge is 2.50. The summed E-state index contributed by atoms with van der Waals surface area (Å²) in [5.41, 5.74) is -2.35. The maximum absolute atomic E-state index is 13.2. The van der Waals surface area contributed by atoms with Gasteiger partial charge in [-0.2, -0.15) is 0 Å². The first-order valence-electron chi connectivity index (χ1n) is 10.0. The molecule has 13 heteroatoms. The van der Waals surface area contributed by atoms with Crippen LogP contribution in [0.5, 0.6) is 11.5 Å². The van der Waals surface area contributed by atoms with Crippen LogP contribution in [0.3, 0.4) is 0 Å². The minimum atomic E-state index is -5.07. The first-order valence-corrected chi connectivity index (χ1v) is 11.2. The maximum atomic E-state index is 13.2. The Morgan fingerprint density at radius 2 is 1.31 bits per heavy atom. The number of halogens is 6. The van der Waals surface area contributed by atoms with E-state index in [1.165, 1.54) is 19.1 Å². The molecular formula is C22H23F6NO5S. The molecule has 2 aromatic rings. The van der Waals surface area contributed by atoms with E-state index in [0.29, 0.717) is 0 Å². The molecule has 2 N–H and O–H groups in total. The fraction of sp³-hybridized carbons (Fsp3) is 0.409. The zero-order valence-electron chi connectivity index (χ0n) is 19.0. The van der Waals surface area contributed by atoms with Crippen molar-refractivity contribution in [3.63, 3.8) is 0 Å². The molecule has 0 bridgehead atoms. The SMILES string of the molecule is C[C@@H](C(=O)O)C(N[S+]([O-])C(C)(C)C)(c1cccc(OC(F)(F)F)c1)c1cccc(OC(F)(F)F)c1. The number of aliphatic carboxylic acids is 1. The molecule has 0 amide bonds. The van der Waals surface area contributed by atoms with Gasteiger partial charge in [0.15, 0.2) is 0 Å². The fourth-order valence-corrected chi connectivity index (χ4v) is 4.25. The summed E-state index contributed by atoms with van der Waals surface area (Å²) in [6, 6.07) is 8.52. The van der Waals surface area contributed by atoms with Gasteiger partial charge in [-0.05, 0) is 63.1 Å². The lowest BCUT2D eigenvalue weighted by atomic mass is 9.74. The number of carbonyl (C=O) groups is 1. The minimum absolute atomic E-state index is 0.143. The van der Waals surface area contributed by atoms with E-state index in [4.69, 9.17) is 0 Å². The highest BCUT2D eigenvalue weighted by atomic mass is 32.2. The fourth-order valence-electron chi connectivity index (χ4n) is 3.23. The number of ether oxygens (including phenoxy) is 2. The molecule has 0 aliphatic rings. The highest BCUT2D eigenvalue weighted by Crippen LogP contribution is 2.42. The second kappa shape index (κ2) is 10.2. The summed E-state index contributed by atoms with van der Waals surface area (Å²) in [7, 11) is 0. The van der Waals surface area contributed by atoms with E-state index in [1.54, 1.807) is 20.8 Å². The summed E-state index contributed by atoms with van der Waals surface area (Å²) in [6.45, 7) is 5.85. The van der Waals surface area contributed by atoms with Gasteiger partial charge in [-0.15, -0.1) is 31.1 Å². The lowest BCUT2D eigenvalue weighted by molar-refractivity contribution is -0.275. The van der Waals surface area contributed by atoms with Crippen LogP contribution in [0.2, 0.25) is 0 Å². The molecule has 6 nitrogen and oxygen atoms in total. The number of hydrogen-bond acceptors (Lipinski definition) is 5. The summed E-state index contributed by atoms with van der Waals surface area (Å²) in [4.78, 5) is 12.2. The molecule has 0 fully saturated rings. The number of carboxylic acid groups (broad SMARTS) is 1. The molecule has 0 aliphatic heterocycles. The molecule has 0 saturated carbocycles. The lowest BCUT2D eigenvalue weighted by Crippen LogP contribution is -2.57. The van der Waals surface area contributed by atoms with E-state index in [0.717, 1.165) is 36.4 Å². The van der Waals surface area contributed by atoms with Crippen molar-refractivity contribution in [2.45, 2.75) is 50.7 Å². The third kappa shape index (κ3) is 7.42. The third-order valence-electron chi connectivity index (χ3n) is 4.88. The molecule has 1 unspecified atom stereocenters. The Kier molecular flexibility index (Phi) is 8.29. The maximum Gasteiger partial charge on any atom is 0.573 e. The van der Waals surface area contributed by atoms with Gasteiger partial charge in [-0.3, -0.25) is 4.79 Å². The average Bonchev–Trinajstić information content (AvgIpc) is 2.68. The number of alkyl halides is 6. The first kappa shape index (κ1) is 28.6. The van der Waals surface area contributed by atoms with Crippen LogP contribution in [0.25, 0.3) is 0 Å². The van der Waals surface area contributed by atoms with Crippen LogP contribution in [0.15, 0.2) is 48.5 Å². The Morgan fingerprint density at radius 3 is 1.63 bits per heavy atom. The topological polar surface area (TPSA) is 90.9 Å². The zero-order valence-corrected chi connectivity index (χ0v) is 19.8. The van der Waals surface area contributed by atoms with Crippen LogP contribution in [-0.4, -0.2) is 33.1 Å². The van der Waals surface area contributed by atoms with Crippen molar-refractivity contribution in [2.24, 2.45) is 5.92 Å². The van der Waals surface area contributed by atoms with Crippen LogP contribution in [0, 0.1) is 5.92 Å². The quantitative estimate of drug-likeness (QED) is 0.348. The zero-order chi connectivity index (χ0) is 26.8. The Morgan fingerprint density at radius 1 is 0.914 bits per heavy atom. The molecule has 0 aliphatic carbocycles. The second-order valence-electron chi connectivity index (χ2n) is 8.50. The molecule has 0 radical (unpaired) electrons. The molecule has 2 aromatic carbocycles. The van der Waals surface area contributed by atoms with E-state index in [1.807, 2.05) is 0 Å². The smallest absolute Gasteiger partial charge is 0.573 e. The summed E-state index contributed by atoms with van der Waals surface area (Å²) in [5, 5.41) is 9.91. The molecule has 194 valence electrons. The van der Waals surface area contributed by atoms with Gasteiger partial charge in [0.05, 0.1) is 5.92 Å². The molecule has 0 spiro atoms. The van der Waals surface area contributed by atoms with Gasteiger partial charge in [0.2, 0.25) is 0 Å². The Balaban J connectivity index is 2.86. The monoisotopic (exact) mass is 527 g/mol. The van der Waals surface area contributed by atoms with E-state index >= 15 is 0 Å². The molecular weight excluding hydrogens is 504 g/mol. The normalized spacial score (nSPS) is 14.8. The van der Waals surface area contributed by atoms with Crippen LogP contribution in [0.1, 0.15) is 38.8 Å². The molecule has 0 aromatic heterocycles. The van der Waals surface area contributed by atoms with E-state index in [-0.39, 0.29) is 11.1 Å². The minimum Gasteiger partial charge on any atom is -0.598 e. The molecule has 0 heterocycles. The Hall–Kier alpha value is -2.64. The summed E-state index contributed by atoms with van der Waals surface area (Å²) >= 11 is -2.04. The molecule has 0 saturated heterocycles. The van der Waals surface area contributed by atoms with Gasteiger partial charge in [0.1, 0.15) is 21.8 Å². The van der Waals surface area contributed by atoms with E-state index in [9.17, 15) is 40.8 Å². The van der Waals surface area contributed by atoms with Crippen molar-refractivity contribution in [2.75, 3.05) is 0 Å². The number of benzene rings is 2. The lowest BCUT2D eigenvalue weighted by Gasteiger charge is -2.41. The van der Waals surface area contributed by atoms with Gasteiger partial charge < -0.3 is 19.1 Å². The number of rotatable bonds is 8. The van der Waals surface area contributed by atoms with Crippen LogP contribution in [-0.2, 0) is 21.7 Å². The molecule has 35 heavy (non-hydrogen) atoms. The standard InChI is InChI=1S/C22H23F6NO5S/c1-13(18(30)31)20(29-35(32)19(2,3)4,14-7-5-9-16(11-14)33-21(23,24)25)15-8-6-10-17(12-15)34-22(26,27)28/h5-13,29H,1-4H3,(H,30,31)/t13-,35?/m0/s1. The van der Waals surface area contributed by atoms with Crippen molar-refractivity contribution in [1.29, 1.82) is 0 Å². The largest absolute Gasteiger partial charge is 0.598 e. The van der Waals surface area contributed by atoms with E-state index in [2.05, 4.69) is 14.2 Å². The predicted molar refractivity (Wildman–Crippen MR) is 115 cm³/mol. The predicted octanol–water partition coefficient (Wildman–Crippen LogP) is 5.50. The van der Waals surface area contributed by atoms with Gasteiger partial charge in [0, 0.05) is 11.4 Å². The Bertz CT molecular complexity index is 978. The Labute approximate surface area is 200 Å². The van der Waals surface area contributed by atoms with Gasteiger partial charge in [-0.1, -0.05) is 24.3 Å². The summed E-state index contributed by atoms with van der Waals surface area (Å²) in [6.07, 6.45) is -10.1. The van der Waals surface area contributed by atoms with Crippen molar-refractivity contribution in [3.8, 4) is 11.5 Å². The summed E-state index contributed by atoms with van der Waals surface area (Å²) < 4.78 is 99.9. The first-order chi connectivity index (χ1) is 15.8. The van der Waals surface area contributed by atoms with Crippen molar-refractivity contribution in [3.05, 3.63) is 59.7 Å². The van der Waals surface area contributed by atoms with Crippen molar-refractivity contribution >= 4 is 17.3 Å². The van der Waals surface area contributed by atoms with Gasteiger partial charge in [0.25, 0.3) is 0 Å². The second-order valence-corrected chi connectivity index (χ2v) is 10.5. The summed E-state index contributed by atoms with van der Waals surface area (Å²) in [5.74, 6) is -4.42. The van der Waals surface area contributed by atoms with Crippen molar-refractivity contribution < 1.29 is 50.3 Å². The van der Waals surface area contributed by atoms with Crippen molar-refractivity contribution in [1.82, 2.24) is 4.72 Å². The van der Waals surface area contributed by atoms with Gasteiger partial charge >= 0.3 is 18.7 Å². The van der Waals surface area contributed by atoms with Gasteiger partial charge in [-0.25, -0.2) is 0 Å². The molecule has 2 atom stereocenters. The van der Waals surface area contributed by atoms with Crippen LogP contribution < -0.4 is 14.2 Å². The van der Waals surface area contributed by atoms with Crippen LogP contribution in [0.4, 0.5) is 26.3 Å². The van der Waals surface area contributed by atoms with E-state index < -0.39 is 57.8 Å². The third-order valence-corrected chi connectivity index (χ3v) is 6.50.